The first kappa shape index (κ1) is 12.0. The first-order valence-corrected chi connectivity index (χ1v) is 7.20. The summed E-state index contributed by atoms with van der Waals surface area (Å²) in [4.78, 5) is 0. The van der Waals surface area contributed by atoms with Gasteiger partial charge >= 0.3 is 0 Å². The van der Waals surface area contributed by atoms with Gasteiger partial charge in [0.2, 0.25) is 0 Å². The van der Waals surface area contributed by atoms with Crippen LogP contribution < -0.4 is 0 Å². The van der Waals surface area contributed by atoms with Gasteiger partial charge in [0.15, 0.2) is 0 Å². The van der Waals surface area contributed by atoms with Crippen molar-refractivity contribution in [3.63, 3.8) is 0 Å². The fraction of sp³-hybridized carbons (Fsp3) is 1.00. The smallest absolute Gasteiger partial charge is 0.0654 e. The maximum absolute atomic E-state index is 10.7. The van der Waals surface area contributed by atoms with E-state index < -0.39 is 5.60 Å². The third-order valence-corrected chi connectivity index (χ3v) is 6.93. The van der Waals surface area contributed by atoms with Crippen molar-refractivity contribution in [2.75, 3.05) is 6.61 Å². The van der Waals surface area contributed by atoms with Crippen molar-refractivity contribution < 1.29 is 10.2 Å². The quantitative estimate of drug-likeness (QED) is 0.737. The lowest BCUT2D eigenvalue weighted by Crippen LogP contribution is -2.46. The van der Waals surface area contributed by atoms with Crippen molar-refractivity contribution in [3.8, 4) is 0 Å². The standard InChI is InChI=1S/C15H26O2/c1-10-4-5-11-13(2,9-16)12-8-15(10,11)7-6-14(12,3)17/h10-12,16-17H,4-9H2,1-3H3/t10-,11-,12-,13-,14+,15+/m1/s1. The van der Waals surface area contributed by atoms with Gasteiger partial charge in [-0.25, -0.2) is 0 Å². The third kappa shape index (κ3) is 1.24. The van der Waals surface area contributed by atoms with Gasteiger partial charge in [-0.1, -0.05) is 13.8 Å². The molecule has 3 rings (SSSR count). The lowest BCUT2D eigenvalue weighted by Gasteiger charge is -2.44. The summed E-state index contributed by atoms with van der Waals surface area (Å²) in [6.45, 7) is 6.85. The maximum Gasteiger partial charge on any atom is 0.0654 e. The minimum absolute atomic E-state index is 0.0508. The second-order valence-corrected chi connectivity index (χ2v) is 7.54. The average Bonchev–Trinajstić information content (AvgIpc) is 2.71. The van der Waals surface area contributed by atoms with Gasteiger partial charge < -0.3 is 10.2 Å². The molecule has 0 aromatic heterocycles. The Kier molecular flexibility index (Phi) is 2.30. The molecule has 0 saturated heterocycles. The zero-order valence-corrected chi connectivity index (χ0v) is 11.4. The van der Waals surface area contributed by atoms with E-state index in [4.69, 9.17) is 0 Å². The highest BCUT2D eigenvalue weighted by Crippen LogP contribution is 2.73. The van der Waals surface area contributed by atoms with Crippen LogP contribution in [0.25, 0.3) is 0 Å². The Hall–Kier alpha value is -0.0800. The molecule has 0 unspecified atom stereocenters. The second kappa shape index (κ2) is 3.27. The molecule has 0 amide bonds. The summed E-state index contributed by atoms with van der Waals surface area (Å²) in [5, 5.41) is 20.6. The predicted octanol–water partition coefficient (Wildman–Crippen LogP) is 2.58. The van der Waals surface area contributed by atoms with Crippen molar-refractivity contribution in [1.29, 1.82) is 0 Å². The molecule has 3 fully saturated rings. The molecule has 2 heteroatoms. The molecule has 2 bridgehead atoms. The Morgan fingerprint density at radius 2 is 1.82 bits per heavy atom. The van der Waals surface area contributed by atoms with Gasteiger partial charge in [0.05, 0.1) is 5.60 Å². The van der Waals surface area contributed by atoms with Gasteiger partial charge in [0, 0.05) is 6.61 Å². The summed E-state index contributed by atoms with van der Waals surface area (Å²) in [6, 6.07) is 0. The Morgan fingerprint density at radius 1 is 1.12 bits per heavy atom. The van der Waals surface area contributed by atoms with Crippen LogP contribution in [0.15, 0.2) is 0 Å². The molecule has 6 atom stereocenters. The van der Waals surface area contributed by atoms with Crippen molar-refractivity contribution in [2.24, 2.45) is 28.6 Å². The SMILES string of the molecule is C[C@@H]1CC[C@@H]2[C@@](C)(CO)[C@H]3C[C@@]12CC[C@]3(C)O. The minimum Gasteiger partial charge on any atom is -0.396 e. The molecule has 3 aliphatic carbocycles. The van der Waals surface area contributed by atoms with Crippen molar-refractivity contribution >= 4 is 0 Å². The number of fused-ring (bicyclic) bond motifs is 1. The highest BCUT2D eigenvalue weighted by molar-refractivity contribution is 5.17. The molecule has 1 spiro atoms. The van der Waals surface area contributed by atoms with Gasteiger partial charge in [0.25, 0.3) is 0 Å². The Labute approximate surface area is 104 Å². The van der Waals surface area contributed by atoms with Crippen LogP contribution >= 0.6 is 0 Å². The molecule has 0 aliphatic heterocycles. The molecular weight excluding hydrogens is 212 g/mol. The number of rotatable bonds is 1. The zero-order valence-electron chi connectivity index (χ0n) is 11.4. The van der Waals surface area contributed by atoms with E-state index in [1.807, 2.05) is 6.92 Å². The van der Waals surface area contributed by atoms with E-state index in [0.29, 0.717) is 17.3 Å². The van der Waals surface area contributed by atoms with E-state index in [1.165, 1.54) is 12.8 Å². The number of hydrogen-bond acceptors (Lipinski definition) is 2. The van der Waals surface area contributed by atoms with Gasteiger partial charge in [-0.2, -0.15) is 0 Å². The monoisotopic (exact) mass is 238 g/mol. The molecule has 17 heavy (non-hydrogen) atoms. The van der Waals surface area contributed by atoms with Crippen LogP contribution in [-0.4, -0.2) is 22.4 Å². The van der Waals surface area contributed by atoms with Crippen molar-refractivity contribution in [2.45, 2.75) is 58.5 Å². The molecule has 0 heterocycles. The highest BCUT2D eigenvalue weighted by atomic mass is 16.3. The Bertz CT molecular complexity index is 334. The van der Waals surface area contributed by atoms with E-state index >= 15 is 0 Å². The van der Waals surface area contributed by atoms with E-state index in [9.17, 15) is 10.2 Å². The van der Waals surface area contributed by atoms with Gasteiger partial charge in [-0.05, 0) is 67.6 Å². The number of aliphatic hydroxyl groups is 2. The van der Waals surface area contributed by atoms with Crippen LogP contribution in [0.4, 0.5) is 0 Å². The fourth-order valence-corrected chi connectivity index (χ4v) is 5.85. The summed E-state index contributed by atoms with van der Waals surface area (Å²) >= 11 is 0. The predicted molar refractivity (Wildman–Crippen MR) is 67.5 cm³/mol. The van der Waals surface area contributed by atoms with Crippen LogP contribution in [0.5, 0.6) is 0 Å². The largest absolute Gasteiger partial charge is 0.396 e. The molecule has 0 aromatic rings. The van der Waals surface area contributed by atoms with Gasteiger partial charge in [0.1, 0.15) is 0 Å². The Balaban J connectivity index is 2.08. The maximum atomic E-state index is 10.7. The van der Waals surface area contributed by atoms with Crippen molar-refractivity contribution in [3.05, 3.63) is 0 Å². The normalized spacial score (nSPS) is 61.6. The molecule has 0 aromatic carbocycles. The number of hydrogen-bond donors (Lipinski definition) is 2. The van der Waals surface area contributed by atoms with Crippen LogP contribution in [0.1, 0.15) is 52.9 Å². The summed E-state index contributed by atoms with van der Waals surface area (Å²) in [5.41, 5.74) is -0.179. The van der Waals surface area contributed by atoms with E-state index in [0.717, 1.165) is 25.2 Å². The lowest BCUT2D eigenvalue weighted by molar-refractivity contribution is -0.0858. The minimum atomic E-state index is -0.563. The molecule has 2 nitrogen and oxygen atoms in total. The zero-order chi connectivity index (χ0) is 12.5. The molecular formula is C15H26O2. The first-order valence-electron chi connectivity index (χ1n) is 7.20. The van der Waals surface area contributed by atoms with E-state index in [2.05, 4.69) is 13.8 Å². The summed E-state index contributed by atoms with van der Waals surface area (Å²) < 4.78 is 0. The summed E-state index contributed by atoms with van der Waals surface area (Å²) in [5.74, 6) is 1.70. The van der Waals surface area contributed by atoms with Crippen LogP contribution in [0, 0.1) is 28.6 Å². The highest BCUT2D eigenvalue weighted by Gasteiger charge is 2.68. The fourth-order valence-electron chi connectivity index (χ4n) is 5.85. The molecule has 2 N–H and O–H groups in total. The van der Waals surface area contributed by atoms with E-state index in [-0.39, 0.29) is 12.0 Å². The lowest BCUT2D eigenvalue weighted by atomic mass is 9.64. The topological polar surface area (TPSA) is 40.5 Å². The van der Waals surface area contributed by atoms with Crippen molar-refractivity contribution in [1.82, 2.24) is 0 Å². The molecule has 98 valence electrons. The van der Waals surface area contributed by atoms with E-state index in [1.54, 1.807) is 0 Å². The van der Waals surface area contributed by atoms with Crippen LogP contribution in [-0.2, 0) is 0 Å². The Morgan fingerprint density at radius 3 is 2.47 bits per heavy atom. The first-order chi connectivity index (χ1) is 7.87. The van der Waals surface area contributed by atoms with Crippen LogP contribution in [0.2, 0.25) is 0 Å². The summed E-state index contributed by atoms with van der Waals surface area (Å²) in [6.07, 6.45) is 5.80. The third-order valence-electron chi connectivity index (χ3n) is 6.93. The van der Waals surface area contributed by atoms with Gasteiger partial charge in [-0.15, -0.1) is 0 Å². The molecule has 3 aliphatic rings. The molecule has 3 saturated carbocycles. The second-order valence-electron chi connectivity index (χ2n) is 7.54. The van der Waals surface area contributed by atoms with Gasteiger partial charge in [-0.3, -0.25) is 0 Å². The molecule has 0 radical (unpaired) electrons. The number of aliphatic hydroxyl groups excluding tert-OH is 1. The summed E-state index contributed by atoms with van der Waals surface area (Å²) in [7, 11) is 0. The average molecular weight is 238 g/mol. The van der Waals surface area contributed by atoms with Crippen LogP contribution in [0.3, 0.4) is 0 Å².